The van der Waals surface area contributed by atoms with Crippen molar-refractivity contribution in [2.45, 2.75) is 6.92 Å². The molecule has 0 saturated carbocycles. The Morgan fingerprint density at radius 1 is 1.20 bits per heavy atom. The number of amides is 1. The summed E-state index contributed by atoms with van der Waals surface area (Å²) in [4.78, 5) is 19.9. The van der Waals surface area contributed by atoms with Crippen molar-refractivity contribution in [1.82, 2.24) is 15.3 Å². The Morgan fingerprint density at radius 3 is 2.70 bits per heavy atom. The number of aromatic nitrogens is 2. The summed E-state index contributed by atoms with van der Waals surface area (Å²) >= 11 is 0. The average molecular weight is 271 g/mol. The normalized spacial score (nSPS) is 10.1. The molecule has 2 heterocycles. The lowest BCUT2D eigenvalue weighted by Gasteiger charge is -2.09. The van der Waals surface area contributed by atoms with E-state index in [-0.39, 0.29) is 5.91 Å². The number of pyridine rings is 2. The van der Waals surface area contributed by atoms with E-state index in [9.17, 15) is 4.79 Å². The summed E-state index contributed by atoms with van der Waals surface area (Å²) in [7, 11) is 0. The smallest absolute Gasteiger partial charge is 0.251 e. The molecule has 4 N–H and O–H groups in total. The van der Waals surface area contributed by atoms with E-state index in [0.717, 1.165) is 5.69 Å². The predicted octanol–water partition coefficient (Wildman–Crippen LogP) is 1.21. The second kappa shape index (κ2) is 6.51. The van der Waals surface area contributed by atoms with E-state index >= 15 is 0 Å². The zero-order valence-electron chi connectivity index (χ0n) is 11.3. The highest BCUT2D eigenvalue weighted by Gasteiger charge is 2.04. The first-order valence-electron chi connectivity index (χ1n) is 6.32. The molecule has 0 atom stereocenters. The average Bonchev–Trinajstić information content (AvgIpc) is 2.47. The number of hydrogen-bond donors (Lipinski definition) is 3. The Bertz CT molecular complexity index is 585. The molecule has 2 aromatic heterocycles. The van der Waals surface area contributed by atoms with Crippen molar-refractivity contribution in [2.75, 3.05) is 24.1 Å². The van der Waals surface area contributed by atoms with E-state index in [1.54, 1.807) is 30.6 Å². The molecule has 0 saturated heterocycles. The summed E-state index contributed by atoms with van der Waals surface area (Å²) in [6, 6.07) is 7.00. The topological polar surface area (TPSA) is 92.9 Å². The van der Waals surface area contributed by atoms with Crippen LogP contribution in [0, 0.1) is 6.92 Å². The molecule has 0 radical (unpaired) electrons. The molecule has 1 amide bonds. The Labute approximate surface area is 117 Å². The Morgan fingerprint density at radius 2 is 1.95 bits per heavy atom. The molecule has 2 rings (SSSR count). The molecule has 0 aliphatic heterocycles. The molecule has 0 spiro atoms. The Hall–Kier alpha value is -2.63. The number of hydrogen-bond acceptors (Lipinski definition) is 5. The molecule has 6 nitrogen and oxygen atoms in total. The van der Waals surface area contributed by atoms with Crippen molar-refractivity contribution in [3.63, 3.8) is 0 Å². The van der Waals surface area contributed by atoms with Gasteiger partial charge in [0.1, 0.15) is 5.82 Å². The molecule has 0 unspecified atom stereocenters. The minimum absolute atomic E-state index is 0.126. The minimum Gasteiger partial charge on any atom is -0.396 e. The maximum atomic E-state index is 11.8. The van der Waals surface area contributed by atoms with Crippen LogP contribution in [0.2, 0.25) is 0 Å². The third kappa shape index (κ3) is 3.68. The second-order valence-electron chi connectivity index (χ2n) is 4.31. The molecule has 0 aromatic carbocycles. The monoisotopic (exact) mass is 271 g/mol. The molecule has 0 bridgehead atoms. The Kier molecular flexibility index (Phi) is 4.49. The predicted molar refractivity (Wildman–Crippen MR) is 78.4 cm³/mol. The van der Waals surface area contributed by atoms with Gasteiger partial charge in [0.15, 0.2) is 0 Å². The Balaban J connectivity index is 1.79. The number of carbonyl (C=O) groups is 1. The van der Waals surface area contributed by atoms with Crippen molar-refractivity contribution in [3.8, 4) is 0 Å². The summed E-state index contributed by atoms with van der Waals surface area (Å²) in [5.41, 5.74) is 7.88. The fourth-order valence-electron chi connectivity index (χ4n) is 1.67. The number of rotatable bonds is 5. The molecule has 104 valence electrons. The quantitative estimate of drug-likeness (QED) is 0.711. The van der Waals surface area contributed by atoms with E-state index < -0.39 is 0 Å². The van der Waals surface area contributed by atoms with Gasteiger partial charge in [-0.05, 0) is 31.2 Å². The van der Waals surface area contributed by atoms with Gasteiger partial charge in [0.2, 0.25) is 0 Å². The molecular formula is C14H17N5O. The van der Waals surface area contributed by atoms with Crippen LogP contribution < -0.4 is 16.4 Å². The number of nitrogens with two attached hydrogens (primary N) is 1. The van der Waals surface area contributed by atoms with Gasteiger partial charge in [0, 0.05) is 36.7 Å². The van der Waals surface area contributed by atoms with Gasteiger partial charge < -0.3 is 16.4 Å². The van der Waals surface area contributed by atoms with Gasteiger partial charge in [0.25, 0.3) is 5.91 Å². The summed E-state index contributed by atoms with van der Waals surface area (Å²) in [6.45, 7) is 2.93. The van der Waals surface area contributed by atoms with E-state index in [2.05, 4.69) is 20.6 Å². The number of anilines is 2. The fourth-order valence-corrected chi connectivity index (χ4v) is 1.67. The van der Waals surface area contributed by atoms with Crippen LogP contribution in [0.15, 0.2) is 36.7 Å². The van der Waals surface area contributed by atoms with Crippen molar-refractivity contribution >= 4 is 17.4 Å². The lowest BCUT2D eigenvalue weighted by molar-refractivity contribution is 0.0955. The summed E-state index contributed by atoms with van der Waals surface area (Å²) in [5.74, 6) is 0.516. The standard InChI is InChI=1S/C14H17N5O/c1-10-2-3-12(15)13(19-10)17-8-9-18-14(20)11-4-6-16-7-5-11/h2-7H,8-9,15H2,1H3,(H,17,19)(H,18,20). The van der Waals surface area contributed by atoms with Gasteiger partial charge in [-0.2, -0.15) is 0 Å². The SMILES string of the molecule is Cc1ccc(N)c(NCCNC(=O)c2ccncc2)n1. The minimum atomic E-state index is -0.126. The highest BCUT2D eigenvalue weighted by molar-refractivity contribution is 5.93. The van der Waals surface area contributed by atoms with Crippen LogP contribution in [0.5, 0.6) is 0 Å². The highest BCUT2D eigenvalue weighted by atomic mass is 16.1. The third-order valence-electron chi connectivity index (χ3n) is 2.71. The molecule has 0 aliphatic carbocycles. The molecule has 20 heavy (non-hydrogen) atoms. The first-order chi connectivity index (χ1) is 9.66. The van der Waals surface area contributed by atoms with Crippen LogP contribution in [0.25, 0.3) is 0 Å². The first kappa shape index (κ1) is 13.8. The number of nitrogen functional groups attached to an aromatic ring is 1. The maximum Gasteiger partial charge on any atom is 0.251 e. The van der Waals surface area contributed by atoms with Crippen LogP contribution in [-0.2, 0) is 0 Å². The summed E-state index contributed by atoms with van der Waals surface area (Å²) in [6.07, 6.45) is 3.18. The second-order valence-corrected chi connectivity index (χ2v) is 4.31. The van der Waals surface area contributed by atoms with E-state index in [4.69, 9.17) is 5.73 Å². The van der Waals surface area contributed by atoms with Crippen LogP contribution in [0.4, 0.5) is 11.5 Å². The molecule has 6 heteroatoms. The molecule has 0 aliphatic rings. The van der Waals surface area contributed by atoms with Gasteiger partial charge in [-0.15, -0.1) is 0 Å². The van der Waals surface area contributed by atoms with Crippen molar-refractivity contribution in [2.24, 2.45) is 0 Å². The van der Waals surface area contributed by atoms with Crippen LogP contribution in [0.3, 0.4) is 0 Å². The van der Waals surface area contributed by atoms with Crippen molar-refractivity contribution < 1.29 is 4.79 Å². The van der Waals surface area contributed by atoms with E-state index in [1.165, 1.54) is 0 Å². The molecule has 0 fully saturated rings. The largest absolute Gasteiger partial charge is 0.396 e. The van der Waals surface area contributed by atoms with Crippen LogP contribution in [-0.4, -0.2) is 29.0 Å². The van der Waals surface area contributed by atoms with Crippen LogP contribution in [0.1, 0.15) is 16.1 Å². The van der Waals surface area contributed by atoms with E-state index in [1.807, 2.05) is 13.0 Å². The van der Waals surface area contributed by atoms with Gasteiger partial charge >= 0.3 is 0 Å². The first-order valence-corrected chi connectivity index (χ1v) is 6.32. The lowest BCUT2D eigenvalue weighted by atomic mass is 10.2. The summed E-state index contributed by atoms with van der Waals surface area (Å²) in [5, 5.41) is 5.90. The van der Waals surface area contributed by atoms with E-state index in [0.29, 0.717) is 30.2 Å². The molecular weight excluding hydrogens is 254 g/mol. The van der Waals surface area contributed by atoms with Gasteiger partial charge in [-0.3, -0.25) is 9.78 Å². The highest BCUT2D eigenvalue weighted by Crippen LogP contribution is 2.14. The van der Waals surface area contributed by atoms with Crippen molar-refractivity contribution in [1.29, 1.82) is 0 Å². The number of carbonyl (C=O) groups excluding carboxylic acids is 1. The fraction of sp³-hybridized carbons (Fsp3) is 0.214. The third-order valence-corrected chi connectivity index (χ3v) is 2.71. The van der Waals surface area contributed by atoms with Crippen LogP contribution >= 0.6 is 0 Å². The molecule has 2 aromatic rings. The lowest BCUT2D eigenvalue weighted by Crippen LogP contribution is -2.29. The zero-order chi connectivity index (χ0) is 14.4. The van der Waals surface area contributed by atoms with Gasteiger partial charge in [-0.1, -0.05) is 0 Å². The number of nitrogens with zero attached hydrogens (tertiary/aromatic N) is 2. The zero-order valence-corrected chi connectivity index (χ0v) is 11.3. The van der Waals surface area contributed by atoms with Gasteiger partial charge in [0.05, 0.1) is 5.69 Å². The summed E-state index contributed by atoms with van der Waals surface area (Å²) < 4.78 is 0. The van der Waals surface area contributed by atoms with Crippen molar-refractivity contribution in [3.05, 3.63) is 47.9 Å². The maximum absolute atomic E-state index is 11.8. The van der Waals surface area contributed by atoms with Gasteiger partial charge in [-0.25, -0.2) is 4.98 Å². The number of nitrogens with one attached hydrogen (secondary N) is 2. The number of aryl methyl sites for hydroxylation is 1.